The second-order valence-electron chi connectivity index (χ2n) is 6.49. The second-order valence-corrected chi connectivity index (χ2v) is 8.47. The van der Waals surface area contributed by atoms with Crippen LogP contribution in [0.1, 0.15) is 0 Å². The monoisotopic (exact) mass is 431 g/mol. The lowest BCUT2D eigenvalue weighted by atomic mass is 10.2. The maximum atomic E-state index is 14.3. The number of ether oxygens (including phenoxy) is 1. The summed E-state index contributed by atoms with van der Waals surface area (Å²) in [4.78, 5) is 7.78. The van der Waals surface area contributed by atoms with Crippen LogP contribution in [0.3, 0.4) is 0 Å². The van der Waals surface area contributed by atoms with E-state index in [1.54, 1.807) is 30.1 Å². The molecule has 2 aromatic carbocycles. The molecule has 0 saturated heterocycles. The number of fused-ring (bicyclic) bond motifs is 1. The fourth-order valence-electron chi connectivity index (χ4n) is 2.83. The Morgan fingerprint density at radius 1 is 1.10 bits per heavy atom. The molecule has 0 fully saturated rings. The first kappa shape index (κ1) is 19.7. The van der Waals surface area contributed by atoms with Crippen LogP contribution in [0.2, 0.25) is 0 Å². The molecule has 0 unspecified atom stereocenters. The number of nitrogens with one attached hydrogen (secondary N) is 1. The van der Waals surface area contributed by atoms with E-state index < -0.39 is 32.1 Å². The molecule has 0 aliphatic carbocycles. The minimum Gasteiger partial charge on any atom is -0.453 e. The first-order valence-corrected chi connectivity index (χ1v) is 10.5. The summed E-state index contributed by atoms with van der Waals surface area (Å²) in [7, 11) is -2.17. The van der Waals surface area contributed by atoms with Crippen molar-refractivity contribution >= 4 is 32.4 Å². The number of rotatable bonds is 5. The van der Waals surface area contributed by atoms with Crippen molar-refractivity contribution in [1.82, 2.24) is 19.7 Å². The van der Waals surface area contributed by atoms with Crippen molar-refractivity contribution in [2.24, 2.45) is 7.05 Å². The van der Waals surface area contributed by atoms with Gasteiger partial charge in [0.2, 0.25) is 0 Å². The highest BCUT2D eigenvalue weighted by atomic mass is 32.2. The van der Waals surface area contributed by atoms with Crippen molar-refractivity contribution in [2.75, 3.05) is 11.6 Å². The molecular formula is C19H15F2N5O3S. The van der Waals surface area contributed by atoms with E-state index in [1.165, 1.54) is 18.5 Å². The van der Waals surface area contributed by atoms with Crippen LogP contribution in [0.25, 0.3) is 10.9 Å². The number of sulfone groups is 1. The average molecular weight is 431 g/mol. The minimum atomic E-state index is -3.94. The molecule has 2 heterocycles. The summed E-state index contributed by atoms with van der Waals surface area (Å²) in [5, 5.41) is 7.81. The number of benzene rings is 2. The van der Waals surface area contributed by atoms with Crippen molar-refractivity contribution in [2.45, 2.75) is 4.90 Å². The molecule has 0 aliphatic rings. The zero-order valence-corrected chi connectivity index (χ0v) is 16.6. The number of hydrogen-bond donors (Lipinski definition) is 1. The fourth-order valence-corrected chi connectivity index (χ4v) is 3.63. The van der Waals surface area contributed by atoms with Gasteiger partial charge in [0, 0.05) is 37.0 Å². The van der Waals surface area contributed by atoms with Gasteiger partial charge >= 0.3 is 0 Å². The lowest BCUT2D eigenvalue weighted by Crippen LogP contribution is -2.04. The van der Waals surface area contributed by atoms with Crippen LogP contribution >= 0.6 is 0 Å². The van der Waals surface area contributed by atoms with Crippen LogP contribution in [0.15, 0.2) is 53.8 Å². The Morgan fingerprint density at radius 2 is 1.90 bits per heavy atom. The van der Waals surface area contributed by atoms with Gasteiger partial charge in [0.05, 0.1) is 5.52 Å². The Balaban J connectivity index is 1.77. The van der Waals surface area contributed by atoms with Gasteiger partial charge in [-0.25, -0.2) is 27.2 Å². The van der Waals surface area contributed by atoms with E-state index in [-0.39, 0.29) is 5.75 Å². The Morgan fingerprint density at radius 3 is 2.60 bits per heavy atom. The zero-order valence-electron chi connectivity index (χ0n) is 15.8. The molecule has 0 bridgehead atoms. The smallest absolute Gasteiger partial charge is 0.181 e. The van der Waals surface area contributed by atoms with Gasteiger partial charge in [-0.1, -0.05) is 0 Å². The largest absolute Gasteiger partial charge is 0.453 e. The molecule has 0 radical (unpaired) electrons. The van der Waals surface area contributed by atoms with Gasteiger partial charge in [-0.3, -0.25) is 4.68 Å². The van der Waals surface area contributed by atoms with E-state index in [9.17, 15) is 17.2 Å². The van der Waals surface area contributed by atoms with Crippen LogP contribution in [-0.2, 0) is 16.9 Å². The number of hydrogen-bond acceptors (Lipinski definition) is 7. The molecule has 1 N–H and O–H groups in total. The molecule has 0 spiro atoms. The summed E-state index contributed by atoms with van der Waals surface area (Å²) in [5.74, 6) is -1.65. The zero-order chi connectivity index (χ0) is 21.5. The van der Waals surface area contributed by atoms with E-state index in [2.05, 4.69) is 20.4 Å². The quantitative estimate of drug-likeness (QED) is 0.516. The van der Waals surface area contributed by atoms with E-state index >= 15 is 0 Å². The molecule has 4 aromatic rings. The van der Waals surface area contributed by atoms with Gasteiger partial charge in [0.25, 0.3) is 0 Å². The summed E-state index contributed by atoms with van der Waals surface area (Å²) in [6.07, 6.45) is 3.97. The number of nitrogens with zero attached hydrogens (tertiary/aromatic N) is 4. The summed E-state index contributed by atoms with van der Waals surface area (Å²) < 4.78 is 59.0. The molecule has 0 atom stereocenters. The average Bonchev–Trinajstić information content (AvgIpc) is 3.08. The SMILES string of the molecule is Cn1ccc(Nc2ncnc3ccc(Oc4c(F)cc(F)cc4S(C)(=O)=O)cc23)n1. The molecule has 0 saturated carbocycles. The third kappa shape index (κ3) is 3.92. The lowest BCUT2D eigenvalue weighted by molar-refractivity contribution is 0.423. The van der Waals surface area contributed by atoms with E-state index in [1.807, 2.05) is 0 Å². The standard InChI is InChI=1S/C19H15F2N5O3S/c1-26-6-5-17(25-26)24-19-13-9-12(3-4-15(13)22-10-23-19)29-18-14(21)7-11(20)8-16(18)30(2,27)28/h3-10H,1-2H3,(H,22,23,24,25). The van der Waals surface area contributed by atoms with Crippen molar-refractivity contribution in [3.8, 4) is 11.5 Å². The summed E-state index contributed by atoms with van der Waals surface area (Å²) in [6.45, 7) is 0. The maximum absolute atomic E-state index is 14.3. The number of anilines is 2. The van der Waals surface area contributed by atoms with Gasteiger partial charge in [-0.05, 0) is 24.3 Å². The predicted octanol–water partition coefficient (Wildman–Crippen LogP) is 3.58. The molecule has 30 heavy (non-hydrogen) atoms. The van der Waals surface area contributed by atoms with Gasteiger partial charge in [-0.15, -0.1) is 0 Å². The van der Waals surface area contributed by atoms with Crippen LogP contribution in [0.4, 0.5) is 20.4 Å². The van der Waals surface area contributed by atoms with Crippen molar-refractivity contribution in [3.63, 3.8) is 0 Å². The molecule has 2 aromatic heterocycles. The van der Waals surface area contributed by atoms with Crippen LogP contribution in [0.5, 0.6) is 11.5 Å². The molecule has 154 valence electrons. The van der Waals surface area contributed by atoms with Crippen LogP contribution in [-0.4, -0.2) is 34.4 Å². The molecule has 4 rings (SSSR count). The highest BCUT2D eigenvalue weighted by Crippen LogP contribution is 2.34. The maximum Gasteiger partial charge on any atom is 0.181 e. The Bertz CT molecular complexity index is 1370. The van der Waals surface area contributed by atoms with Gasteiger partial charge in [-0.2, -0.15) is 5.10 Å². The van der Waals surface area contributed by atoms with Crippen LogP contribution in [0, 0.1) is 11.6 Å². The van der Waals surface area contributed by atoms with Crippen molar-refractivity contribution < 1.29 is 21.9 Å². The second kappa shape index (κ2) is 7.34. The molecule has 0 aliphatic heterocycles. The molecule has 8 nitrogen and oxygen atoms in total. The number of aryl methyl sites for hydroxylation is 1. The van der Waals surface area contributed by atoms with Crippen molar-refractivity contribution in [1.29, 1.82) is 0 Å². The van der Waals surface area contributed by atoms with Gasteiger partial charge < -0.3 is 10.1 Å². The van der Waals surface area contributed by atoms with Gasteiger partial charge in [0.15, 0.2) is 27.2 Å². The normalized spacial score (nSPS) is 11.6. The van der Waals surface area contributed by atoms with Crippen molar-refractivity contribution in [3.05, 3.63) is 60.6 Å². The number of aromatic nitrogens is 4. The topological polar surface area (TPSA) is 99.0 Å². The summed E-state index contributed by atoms with van der Waals surface area (Å²) in [5.41, 5.74) is 0.568. The Labute approximate surface area is 170 Å². The highest BCUT2D eigenvalue weighted by Gasteiger charge is 2.22. The van der Waals surface area contributed by atoms with E-state index in [0.29, 0.717) is 34.7 Å². The first-order chi connectivity index (χ1) is 14.2. The fraction of sp³-hybridized carbons (Fsp3) is 0.105. The summed E-state index contributed by atoms with van der Waals surface area (Å²) in [6, 6.07) is 7.65. The Hall–Kier alpha value is -3.60. The first-order valence-electron chi connectivity index (χ1n) is 8.59. The Kier molecular flexibility index (Phi) is 4.82. The third-order valence-corrected chi connectivity index (χ3v) is 5.26. The summed E-state index contributed by atoms with van der Waals surface area (Å²) >= 11 is 0. The predicted molar refractivity (Wildman–Crippen MR) is 106 cm³/mol. The molecular weight excluding hydrogens is 416 g/mol. The minimum absolute atomic E-state index is 0.122. The highest BCUT2D eigenvalue weighted by molar-refractivity contribution is 7.90. The van der Waals surface area contributed by atoms with E-state index in [4.69, 9.17) is 4.74 Å². The number of halogens is 2. The lowest BCUT2D eigenvalue weighted by Gasteiger charge is -2.13. The van der Waals surface area contributed by atoms with E-state index in [0.717, 1.165) is 6.26 Å². The van der Waals surface area contributed by atoms with Crippen LogP contribution < -0.4 is 10.1 Å². The molecule has 0 amide bonds. The third-order valence-electron chi connectivity index (χ3n) is 4.16. The van der Waals surface area contributed by atoms with Gasteiger partial charge in [0.1, 0.15) is 28.6 Å². The molecule has 11 heteroatoms.